The van der Waals surface area contributed by atoms with Crippen molar-refractivity contribution in [1.29, 1.82) is 0 Å². The highest BCUT2D eigenvalue weighted by molar-refractivity contribution is 6.30. The summed E-state index contributed by atoms with van der Waals surface area (Å²) >= 11 is 5.79. The van der Waals surface area contributed by atoms with E-state index in [1.54, 1.807) is 24.3 Å². The number of carbonyl (C=O) groups is 1. The summed E-state index contributed by atoms with van der Waals surface area (Å²) in [6.45, 7) is 4.48. The largest absolute Gasteiger partial charge is 0.336 e. The van der Waals surface area contributed by atoms with Gasteiger partial charge in [-0.05, 0) is 31.2 Å². The van der Waals surface area contributed by atoms with E-state index in [2.05, 4.69) is 12.2 Å². The Labute approximate surface area is 100 Å². The van der Waals surface area contributed by atoms with E-state index in [9.17, 15) is 4.79 Å². The zero-order valence-corrected chi connectivity index (χ0v) is 10.00. The van der Waals surface area contributed by atoms with E-state index in [0.717, 1.165) is 19.6 Å². The van der Waals surface area contributed by atoms with Crippen LogP contribution < -0.4 is 5.32 Å². The van der Waals surface area contributed by atoms with Crippen molar-refractivity contribution in [3.8, 4) is 0 Å². The van der Waals surface area contributed by atoms with Gasteiger partial charge in [0.1, 0.15) is 0 Å². The number of amides is 1. The average Bonchev–Trinajstić information content (AvgIpc) is 2.29. The van der Waals surface area contributed by atoms with E-state index in [-0.39, 0.29) is 5.91 Å². The van der Waals surface area contributed by atoms with Crippen LogP contribution in [0, 0.1) is 0 Å². The van der Waals surface area contributed by atoms with Crippen molar-refractivity contribution in [1.82, 2.24) is 10.2 Å². The van der Waals surface area contributed by atoms with Crippen molar-refractivity contribution in [2.45, 2.75) is 13.0 Å². The minimum Gasteiger partial charge on any atom is -0.336 e. The summed E-state index contributed by atoms with van der Waals surface area (Å²) in [7, 11) is 0. The van der Waals surface area contributed by atoms with E-state index in [0.29, 0.717) is 16.6 Å². The van der Waals surface area contributed by atoms with Crippen molar-refractivity contribution < 1.29 is 4.79 Å². The molecule has 0 unspecified atom stereocenters. The molecule has 1 aromatic carbocycles. The van der Waals surface area contributed by atoms with Crippen molar-refractivity contribution in [3.05, 3.63) is 34.9 Å². The highest BCUT2D eigenvalue weighted by Gasteiger charge is 2.21. The molecule has 0 saturated carbocycles. The van der Waals surface area contributed by atoms with E-state index in [4.69, 9.17) is 11.6 Å². The molecule has 1 aliphatic rings. The quantitative estimate of drug-likeness (QED) is 0.809. The Kier molecular flexibility index (Phi) is 3.46. The summed E-state index contributed by atoms with van der Waals surface area (Å²) in [5.74, 6) is 0.0880. The molecule has 0 radical (unpaired) electrons. The van der Waals surface area contributed by atoms with Crippen LogP contribution in [0.25, 0.3) is 0 Å². The molecule has 4 heteroatoms. The van der Waals surface area contributed by atoms with Crippen LogP contribution >= 0.6 is 11.6 Å². The van der Waals surface area contributed by atoms with Crippen molar-refractivity contribution in [3.63, 3.8) is 0 Å². The second-order valence-corrected chi connectivity index (χ2v) is 4.55. The number of hydrogen-bond donors (Lipinski definition) is 1. The normalized spacial score (nSPS) is 20.9. The van der Waals surface area contributed by atoms with Gasteiger partial charge in [0.15, 0.2) is 0 Å². The van der Waals surface area contributed by atoms with Gasteiger partial charge in [0.05, 0.1) is 0 Å². The molecule has 1 amide bonds. The maximum atomic E-state index is 12.1. The molecule has 1 saturated heterocycles. The van der Waals surface area contributed by atoms with E-state index >= 15 is 0 Å². The van der Waals surface area contributed by atoms with Gasteiger partial charge in [0.25, 0.3) is 5.91 Å². The predicted octanol–water partition coefficient (Wildman–Crippen LogP) is 1.77. The summed E-state index contributed by atoms with van der Waals surface area (Å²) in [4.78, 5) is 14.0. The van der Waals surface area contributed by atoms with E-state index < -0.39 is 0 Å². The first-order valence-electron chi connectivity index (χ1n) is 5.45. The number of halogens is 1. The lowest BCUT2D eigenvalue weighted by Gasteiger charge is -2.31. The average molecular weight is 239 g/mol. The maximum absolute atomic E-state index is 12.1. The lowest BCUT2D eigenvalue weighted by Crippen LogP contribution is -2.51. The Morgan fingerprint density at radius 3 is 2.75 bits per heavy atom. The van der Waals surface area contributed by atoms with Crippen LogP contribution in [0.5, 0.6) is 0 Å². The topological polar surface area (TPSA) is 32.3 Å². The molecule has 1 N–H and O–H groups in total. The molecule has 1 heterocycles. The molecule has 1 atom stereocenters. The number of piperazine rings is 1. The first kappa shape index (κ1) is 11.4. The van der Waals surface area contributed by atoms with Crippen LogP contribution in [-0.2, 0) is 0 Å². The Balaban J connectivity index is 2.09. The standard InChI is InChI=1S/C12H15ClN2O/c1-9-8-15(7-6-14-9)12(16)10-2-4-11(13)5-3-10/h2-5,9,14H,6-8H2,1H3/t9-/m0/s1. The Morgan fingerprint density at radius 2 is 2.12 bits per heavy atom. The third-order valence-electron chi connectivity index (χ3n) is 2.75. The molecule has 0 aromatic heterocycles. The molecule has 1 aromatic rings. The smallest absolute Gasteiger partial charge is 0.253 e. The Hall–Kier alpha value is -1.06. The zero-order chi connectivity index (χ0) is 11.5. The molecule has 2 rings (SSSR count). The molecule has 3 nitrogen and oxygen atoms in total. The van der Waals surface area contributed by atoms with Gasteiger partial charge in [-0.25, -0.2) is 0 Å². The van der Waals surface area contributed by atoms with Crippen LogP contribution in [0.1, 0.15) is 17.3 Å². The van der Waals surface area contributed by atoms with Gasteiger partial charge in [-0.1, -0.05) is 11.6 Å². The third-order valence-corrected chi connectivity index (χ3v) is 3.00. The first-order valence-corrected chi connectivity index (χ1v) is 5.83. The number of rotatable bonds is 1. The SMILES string of the molecule is C[C@H]1CN(C(=O)c2ccc(Cl)cc2)CCN1. The first-order chi connectivity index (χ1) is 7.66. The number of carbonyl (C=O) groups excluding carboxylic acids is 1. The highest BCUT2D eigenvalue weighted by atomic mass is 35.5. The zero-order valence-electron chi connectivity index (χ0n) is 9.24. The van der Waals surface area contributed by atoms with Gasteiger partial charge in [0.2, 0.25) is 0 Å². The van der Waals surface area contributed by atoms with Gasteiger partial charge < -0.3 is 10.2 Å². The van der Waals surface area contributed by atoms with Crippen molar-refractivity contribution in [2.24, 2.45) is 0 Å². The van der Waals surface area contributed by atoms with Crippen molar-refractivity contribution in [2.75, 3.05) is 19.6 Å². The summed E-state index contributed by atoms with van der Waals surface area (Å²) in [5, 5.41) is 3.97. The number of hydrogen-bond acceptors (Lipinski definition) is 2. The van der Waals surface area contributed by atoms with Gasteiger partial charge in [-0.15, -0.1) is 0 Å². The molecule has 16 heavy (non-hydrogen) atoms. The number of benzene rings is 1. The summed E-state index contributed by atoms with van der Waals surface area (Å²) in [6, 6.07) is 7.42. The molecule has 1 fully saturated rings. The molecular formula is C12H15ClN2O. The van der Waals surface area contributed by atoms with Gasteiger partial charge in [-0.2, -0.15) is 0 Å². The van der Waals surface area contributed by atoms with Crippen molar-refractivity contribution >= 4 is 17.5 Å². The Morgan fingerprint density at radius 1 is 1.44 bits per heavy atom. The fourth-order valence-corrected chi connectivity index (χ4v) is 2.02. The van der Waals surface area contributed by atoms with Crippen LogP contribution in [0.15, 0.2) is 24.3 Å². The summed E-state index contributed by atoms with van der Waals surface area (Å²) < 4.78 is 0. The van der Waals surface area contributed by atoms with E-state index in [1.807, 2.05) is 4.90 Å². The summed E-state index contributed by atoms with van der Waals surface area (Å²) in [5.41, 5.74) is 0.707. The van der Waals surface area contributed by atoms with Crippen LogP contribution in [0.3, 0.4) is 0 Å². The molecule has 0 aliphatic carbocycles. The maximum Gasteiger partial charge on any atom is 0.253 e. The third kappa shape index (κ3) is 2.54. The monoisotopic (exact) mass is 238 g/mol. The van der Waals surface area contributed by atoms with Crippen LogP contribution in [0.2, 0.25) is 5.02 Å². The molecular weight excluding hydrogens is 224 g/mol. The Bertz CT molecular complexity index is 377. The fraction of sp³-hybridized carbons (Fsp3) is 0.417. The van der Waals surface area contributed by atoms with E-state index in [1.165, 1.54) is 0 Å². The molecule has 0 spiro atoms. The molecule has 1 aliphatic heterocycles. The lowest BCUT2D eigenvalue weighted by molar-refractivity contribution is 0.0709. The second kappa shape index (κ2) is 4.85. The minimum atomic E-state index is 0.0880. The lowest BCUT2D eigenvalue weighted by atomic mass is 10.1. The molecule has 86 valence electrons. The van der Waals surface area contributed by atoms with Gasteiger partial charge >= 0.3 is 0 Å². The van der Waals surface area contributed by atoms with Gasteiger partial charge in [-0.3, -0.25) is 4.79 Å². The minimum absolute atomic E-state index is 0.0880. The highest BCUT2D eigenvalue weighted by Crippen LogP contribution is 2.12. The summed E-state index contributed by atoms with van der Waals surface area (Å²) in [6.07, 6.45) is 0. The predicted molar refractivity (Wildman–Crippen MR) is 64.8 cm³/mol. The number of nitrogens with zero attached hydrogens (tertiary/aromatic N) is 1. The second-order valence-electron chi connectivity index (χ2n) is 4.11. The van der Waals surface area contributed by atoms with Crippen LogP contribution in [0.4, 0.5) is 0 Å². The fourth-order valence-electron chi connectivity index (χ4n) is 1.89. The molecule has 0 bridgehead atoms. The van der Waals surface area contributed by atoms with Crippen LogP contribution in [-0.4, -0.2) is 36.5 Å². The van der Waals surface area contributed by atoms with Gasteiger partial charge in [0, 0.05) is 36.3 Å². The number of nitrogens with one attached hydrogen (secondary N) is 1.